The third-order valence-electron chi connectivity index (χ3n) is 5.23. The first-order chi connectivity index (χ1) is 11.5. The predicted molar refractivity (Wildman–Crippen MR) is 97.1 cm³/mol. The maximum Gasteiger partial charge on any atom is 0.224 e. The van der Waals surface area contributed by atoms with Crippen molar-refractivity contribution in [2.45, 2.75) is 52.4 Å². The molecule has 4 nitrogen and oxygen atoms in total. The van der Waals surface area contributed by atoms with Crippen LogP contribution in [-0.2, 0) is 17.6 Å². The lowest BCUT2D eigenvalue weighted by atomic mass is 9.76. The van der Waals surface area contributed by atoms with Gasteiger partial charge in [-0.15, -0.1) is 0 Å². The molecule has 1 heterocycles. The molecule has 1 aliphatic carbocycles. The highest BCUT2D eigenvalue weighted by Crippen LogP contribution is 2.42. The summed E-state index contributed by atoms with van der Waals surface area (Å²) in [6.45, 7) is 5.81. The van der Waals surface area contributed by atoms with E-state index in [0.717, 1.165) is 61.0 Å². The molecule has 1 unspecified atom stereocenters. The van der Waals surface area contributed by atoms with E-state index in [1.165, 1.54) is 0 Å². The zero-order valence-corrected chi connectivity index (χ0v) is 15.2. The zero-order valence-electron chi connectivity index (χ0n) is 14.4. The molecule has 0 aromatic heterocycles. The summed E-state index contributed by atoms with van der Waals surface area (Å²) in [6.07, 6.45) is 5.06. The molecule has 1 amide bonds. The molecule has 1 aromatic carbocycles. The van der Waals surface area contributed by atoms with Crippen molar-refractivity contribution in [3.05, 3.63) is 27.3 Å². The summed E-state index contributed by atoms with van der Waals surface area (Å²) in [4.78, 5) is 24.8. The number of nitrogens with one attached hydrogen (secondary N) is 2. The average Bonchev–Trinajstić information content (AvgIpc) is 2.58. The highest BCUT2D eigenvalue weighted by atomic mass is 35.5. The SMILES string of the molecule is CCCCNCC1CCc2c(C)c(Cl)c3c(c2C1=O)CCC(=O)N3. The number of carbonyl (C=O) groups excluding carboxylic acids is 2. The second-order valence-electron chi connectivity index (χ2n) is 6.85. The topological polar surface area (TPSA) is 58.2 Å². The lowest BCUT2D eigenvalue weighted by Crippen LogP contribution is -2.35. The summed E-state index contributed by atoms with van der Waals surface area (Å²) in [6, 6.07) is 0. The van der Waals surface area contributed by atoms with Gasteiger partial charge in [0.1, 0.15) is 0 Å². The molecular formula is C19H25ClN2O2. The minimum atomic E-state index is -0.0233. The number of rotatable bonds is 5. The fourth-order valence-corrected chi connectivity index (χ4v) is 4.08. The quantitative estimate of drug-likeness (QED) is 0.798. The van der Waals surface area contributed by atoms with Gasteiger partial charge in [0.2, 0.25) is 5.91 Å². The Hall–Kier alpha value is -1.39. The predicted octanol–water partition coefficient (Wildman–Crippen LogP) is 3.67. The van der Waals surface area contributed by atoms with Crippen LogP contribution < -0.4 is 10.6 Å². The Morgan fingerprint density at radius 1 is 1.21 bits per heavy atom. The van der Waals surface area contributed by atoms with Crippen molar-refractivity contribution < 1.29 is 9.59 Å². The van der Waals surface area contributed by atoms with E-state index >= 15 is 0 Å². The molecule has 0 spiro atoms. The van der Waals surface area contributed by atoms with Gasteiger partial charge in [0.25, 0.3) is 0 Å². The lowest BCUT2D eigenvalue weighted by Gasteiger charge is -2.31. The fourth-order valence-electron chi connectivity index (χ4n) is 3.80. The Kier molecular flexibility index (Phi) is 5.26. The van der Waals surface area contributed by atoms with Gasteiger partial charge >= 0.3 is 0 Å². The molecule has 0 radical (unpaired) electrons. The molecule has 0 bridgehead atoms. The third kappa shape index (κ3) is 3.09. The van der Waals surface area contributed by atoms with E-state index in [-0.39, 0.29) is 17.6 Å². The van der Waals surface area contributed by atoms with Crippen LogP contribution in [0, 0.1) is 12.8 Å². The van der Waals surface area contributed by atoms with Crippen LogP contribution in [0.15, 0.2) is 0 Å². The summed E-state index contributed by atoms with van der Waals surface area (Å²) in [5.41, 5.74) is 4.48. The first kappa shape index (κ1) is 17.4. The van der Waals surface area contributed by atoms with Gasteiger partial charge in [-0.2, -0.15) is 0 Å². The summed E-state index contributed by atoms with van der Waals surface area (Å²) in [5.74, 6) is 0.217. The van der Waals surface area contributed by atoms with E-state index in [9.17, 15) is 9.59 Å². The van der Waals surface area contributed by atoms with Crippen molar-refractivity contribution in [2.75, 3.05) is 18.4 Å². The smallest absolute Gasteiger partial charge is 0.224 e. The average molecular weight is 349 g/mol. The van der Waals surface area contributed by atoms with Gasteiger partial charge in [0.15, 0.2) is 5.78 Å². The number of hydrogen-bond donors (Lipinski definition) is 2. The number of benzene rings is 1. The Labute approximate surface area is 148 Å². The number of amides is 1. The zero-order chi connectivity index (χ0) is 17.3. The minimum Gasteiger partial charge on any atom is -0.325 e. The Morgan fingerprint density at radius 2 is 2.00 bits per heavy atom. The largest absolute Gasteiger partial charge is 0.325 e. The second-order valence-corrected chi connectivity index (χ2v) is 7.23. The van der Waals surface area contributed by atoms with Crippen LogP contribution in [-0.4, -0.2) is 24.8 Å². The van der Waals surface area contributed by atoms with Gasteiger partial charge < -0.3 is 10.6 Å². The third-order valence-corrected chi connectivity index (χ3v) is 5.70. The van der Waals surface area contributed by atoms with Gasteiger partial charge in [-0.3, -0.25) is 9.59 Å². The number of anilines is 1. The molecule has 0 saturated heterocycles. The van der Waals surface area contributed by atoms with Crippen molar-refractivity contribution in [3.63, 3.8) is 0 Å². The Morgan fingerprint density at radius 3 is 2.75 bits per heavy atom. The number of hydrogen-bond acceptors (Lipinski definition) is 3. The van der Waals surface area contributed by atoms with Crippen LogP contribution in [0.5, 0.6) is 0 Å². The molecule has 5 heteroatoms. The molecule has 1 aliphatic heterocycles. The summed E-state index contributed by atoms with van der Waals surface area (Å²) in [5, 5.41) is 6.89. The van der Waals surface area contributed by atoms with Crippen LogP contribution in [0.2, 0.25) is 5.02 Å². The molecule has 2 aliphatic rings. The summed E-state index contributed by atoms with van der Waals surface area (Å²) < 4.78 is 0. The van der Waals surface area contributed by atoms with Crippen LogP contribution in [0.3, 0.4) is 0 Å². The molecule has 1 atom stereocenters. The number of unbranched alkanes of at least 4 members (excludes halogenated alkanes) is 1. The fraction of sp³-hybridized carbons (Fsp3) is 0.579. The van der Waals surface area contributed by atoms with E-state index in [2.05, 4.69) is 17.6 Å². The highest BCUT2D eigenvalue weighted by Gasteiger charge is 2.34. The van der Waals surface area contributed by atoms with E-state index in [4.69, 9.17) is 11.6 Å². The Bertz CT molecular complexity index is 685. The molecule has 2 N–H and O–H groups in total. The van der Waals surface area contributed by atoms with Gasteiger partial charge in [-0.1, -0.05) is 24.9 Å². The van der Waals surface area contributed by atoms with Crippen molar-refractivity contribution in [1.82, 2.24) is 5.32 Å². The summed E-state index contributed by atoms with van der Waals surface area (Å²) >= 11 is 6.48. The van der Waals surface area contributed by atoms with Crippen molar-refractivity contribution in [2.24, 2.45) is 5.92 Å². The van der Waals surface area contributed by atoms with Crippen LogP contribution in [0.25, 0.3) is 0 Å². The molecule has 24 heavy (non-hydrogen) atoms. The van der Waals surface area contributed by atoms with Crippen molar-refractivity contribution in [1.29, 1.82) is 0 Å². The van der Waals surface area contributed by atoms with Crippen LogP contribution >= 0.6 is 11.6 Å². The molecule has 3 rings (SSSR count). The maximum atomic E-state index is 13.1. The van der Waals surface area contributed by atoms with Gasteiger partial charge in [-0.05, 0) is 55.8 Å². The minimum absolute atomic E-state index is 0.0233. The first-order valence-corrected chi connectivity index (χ1v) is 9.31. The first-order valence-electron chi connectivity index (χ1n) is 8.93. The van der Waals surface area contributed by atoms with E-state index < -0.39 is 0 Å². The molecular weight excluding hydrogens is 324 g/mol. The number of ketones is 1. The van der Waals surface area contributed by atoms with E-state index in [1.54, 1.807) is 0 Å². The molecule has 1 aromatic rings. The normalized spacial score (nSPS) is 19.7. The standard InChI is InChI=1S/C19H25ClN2O2/c1-3-4-9-21-10-12-5-6-13-11(2)17(20)18-14(16(13)19(12)24)7-8-15(23)22-18/h12,21H,3-10H2,1-2H3,(H,22,23). The molecule has 0 fully saturated rings. The van der Waals surface area contributed by atoms with Gasteiger partial charge in [0.05, 0.1) is 10.7 Å². The monoisotopic (exact) mass is 348 g/mol. The van der Waals surface area contributed by atoms with Crippen molar-refractivity contribution in [3.8, 4) is 0 Å². The van der Waals surface area contributed by atoms with Crippen LogP contribution in [0.4, 0.5) is 5.69 Å². The number of fused-ring (bicyclic) bond motifs is 3. The van der Waals surface area contributed by atoms with Gasteiger partial charge in [-0.25, -0.2) is 0 Å². The van der Waals surface area contributed by atoms with Crippen LogP contribution in [0.1, 0.15) is 59.7 Å². The van der Waals surface area contributed by atoms with E-state index in [0.29, 0.717) is 23.6 Å². The summed E-state index contributed by atoms with van der Waals surface area (Å²) in [7, 11) is 0. The lowest BCUT2D eigenvalue weighted by molar-refractivity contribution is -0.116. The molecule has 0 saturated carbocycles. The van der Waals surface area contributed by atoms with E-state index in [1.807, 2.05) is 6.92 Å². The van der Waals surface area contributed by atoms with Crippen molar-refractivity contribution >= 4 is 29.0 Å². The van der Waals surface area contributed by atoms with Gasteiger partial charge in [0, 0.05) is 24.4 Å². The number of halogens is 1. The maximum absolute atomic E-state index is 13.1. The number of carbonyl (C=O) groups is 2. The Balaban J connectivity index is 1.92. The highest BCUT2D eigenvalue weighted by molar-refractivity contribution is 6.35. The second kappa shape index (κ2) is 7.24. The molecule has 130 valence electrons. The number of Topliss-reactive ketones (excluding diaryl/α,β-unsaturated/α-hetero) is 1.